The van der Waals surface area contributed by atoms with Crippen LogP contribution in [0.2, 0.25) is 0 Å². The maximum absolute atomic E-state index is 10.8. The van der Waals surface area contributed by atoms with Crippen molar-refractivity contribution in [2.75, 3.05) is 0 Å². The summed E-state index contributed by atoms with van der Waals surface area (Å²) in [5.74, 6) is 0.626. The number of hydrogen-bond donors (Lipinski definition) is 1. The van der Waals surface area contributed by atoms with Gasteiger partial charge >= 0.3 is 0 Å². The van der Waals surface area contributed by atoms with Gasteiger partial charge in [0.25, 0.3) is 0 Å². The van der Waals surface area contributed by atoms with Crippen molar-refractivity contribution in [1.82, 2.24) is 9.78 Å². The topological polar surface area (TPSA) is 61.8 Å². The molecule has 0 aromatic carbocycles. The molecule has 4 heteroatoms. The number of hydrogen-bond acceptors (Lipinski definition) is 3. The fraction of sp³-hybridized carbons (Fsp3) is 0.765. The summed E-state index contributed by atoms with van der Waals surface area (Å²) < 4.78 is 1.71. The molecule has 0 aliphatic heterocycles. The van der Waals surface area contributed by atoms with Crippen molar-refractivity contribution in [3.63, 3.8) is 0 Å². The second-order valence-corrected chi connectivity index (χ2v) is 7.65. The van der Waals surface area contributed by atoms with Crippen LogP contribution in [-0.2, 0) is 7.05 Å². The quantitative estimate of drug-likeness (QED) is 0.906. The van der Waals surface area contributed by atoms with Gasteiger partial charge in [0.2, 0.25) is 0 Å². The highest BCUT2D eigenvalue weighted by atomic mass is 16.3. The van der Waals surface area contributed by atoms with Crippen LogP contribution in [0.25, 0.3) is 0 Å². The van der Waals surface area contributed by atoms with Gasteiger partial charge in [0.05, 0.1) is 17.2 Å². The molecule has 1 aliphatic rings. The average Bonchev–Trinajstić information content (AvgIpc) is 2.75. The molecule has 0 radical (unpaired) electrons. The molecule has 1 atom stereocenters. The fourth-order valence-corrected chi connectivity index (χ4v) is 3.63. The van der Waals surface area contributed by atoms with Crippen molar-refractivity contribution >= 4 is 0 Å². The first-order valence-electron chi connectivity index (χ1n) is 7.79. The largest absolute Gasteiger partial charge is 0.387 e. The first-order chi connectivity index (χ1) is 9.69. The van der Waals surface area contributed by atoms with Gasteiger partial charge in [-0.3, -0.25) is 4.68 Å². The van der Waals surface area contributed by atoms with Crippen LogP contribution in [0.3, 0.4) is 0 Å². The number of nitriles is 1. The van der Waals surface area contributed by atoms with Crippen LogP contribution in [0.15, 0.2) is 6.20 Å². The van der Waals surface area contributed by atoms with Crippen LogP contribution in [0, 0.1) is 35.0 Å². The number of aryl methyl sites for hydroxylation is 2. The highest BCUT2D eigenvalue weighted by Gasteiger charge is 2.45. The van der Waals surface area contributed by atoms with Gasteiger partial charge in [-0.25, -0.2) is 0 Å². The highest BCUT2D eigenvalue weighted by Crippen LogP contribution is 2.50. The minimum atomic E-state index is -0.739. The summed E-state index contributed by atoms with van der Waals surface area (Å²) in [6.45, 7) is 8.68. The molecule has 0 spiro atoms. The molecule has 1 heterocycles. The van der Waals surface area contributed by atoms with Gasteiger partial charge in [0.1, 0.15) is 6.10 Å². The van der Waals surface area contributed by atoms with Crippen molar-refractivity contribution in [1.29, 1.82) is 5.26 Å². The molecule has 1 aliphatic carbocycles. The van der Waals surface area contributed by atoms with Crippen LogP contribution < -0.4 is 0 Å². The molecule has 116 valence electrons. The SMILES string of the molecule is Cc1nn(C)cc1C(O)C1(C#N)CCC(C(C)(C)C)CC1. The van der Waals surface area contributed by atoms with E-state index in [2.05, 4.69) is 31.9 Å². The molecular formula is C17H27N3O. The Labute approximate surface area is 127 Å². The van der Waals surface area contributed by atoms with Crippen LogP contribution in [0.5, 0.6) is 0 Å². The van der Waals surface area contributed by atoms with E-state index in [0.29, 0.717) is 5.92 Å². The summed E-state index contributed by atoms with van der Waals surface area (Å²) in [4.78, 5) is 0. The van der Waals surface area contributed by atoms with E-state index in [1.165, 1.54) is 0 Å². The Bertz CT molecular complexity index is 539. The highest BCUT2D eigenvalue weighted by molar-refractivity contribution is 5.24. The Morgan fingerprint density at radius 1 is 1.43 bits per heavy atom. The molecule has 1 unspecified atom stereocenters. The summed E-state index contributed by atoms with van der Waals surface area (Å²) in [6, 6.07) is 2.44. The molecule has 0 saturated heterocycles. The number of nitrogens with zero attached hydrogens (tertiary/aromatic N) is 3. The van der Waals surface area contributed by atoms with Gasteiger partial charge in [-0.2, -0.15) is 10.4 Å². The maximum atomic E-state index is 10.8. The van der Waals surface area contributed by atoms with Gasteiger partial charge in [-0.1, -0.05) is 20.8 Å². The smallest absolute Gasteiger partial charge is 0.101 e. The van der Waals surface area contributed by atoms with E-state index in [9.17, 15) is 10.4 Å². The van der Waals surface area contributed by atoms with Gasteiger partial charge < -0.3 is 5.11 Å². The summed E-state index contributed by atoms with van der Waals surface area (Å²) in [6.07, 6.45) is 4.65. The first kappa shape index (κ1) is 16.0. The number of aliphatic hydroxyl groups is 1. The molecule has 0 amide bonds. The van der Waals surface area contributed by atoms with E-state index in [1.54, 1.807) is 4.68 Å². The minimum absolute atomic E-state index is 0.275. The molecule has 0 bridgehead atoms. The van der Waals surface area contributed by atoms with E-state index in [0.717, 1.165) is 36.9 Å². The lowest BCUT2D eigenvalue weighted by atomic mass is 9.62. The van der Waals surface area contributed by atoms with Crippen LogP contribution in [-0.4, -0.2) is 14.9 Å². The Balaban J connectivity index is 2.21. The Morgan fingerprint density at radius 3 is 2.38 bits per heavy atom. The summed E-state index contributed by atoms with van der Waals surface area (Å²) >= 11 is 0. The molecule has 1 fully saturated rings. The van der Waals surface area contributed by atoms with E-state index in [-0.39, 0.29) is 5.41 Å². The number of rotatable bonds is 2. The molecule has 21 heavy (non-hydrogen) atoms. The normalized spacial score (nSPS) is 28.1. The zero-order valence-corrected chi connectivity index (χ0v) is 13.8. The third-order valence-electron chi connectivity index (χ3n) is 5.19. The monoisotopic (exact) mass is 289 g/mol. The molecule has 2 rings (SSSR count). The zero-order chi connectivity index (χ0) is 15.8. The van der Waals surface area contributed by atoms with E-state index < -0.39 is 11.5 Å². The van der Waals surface area contributed by atoms with Crippen molar-refractivity contribution in [3.8, 4) is 6.07 Å². The fourth-order valence-electron chi connectivity index (χ4n) is 3.63. The molecular weight excluding hydrogens is 262 g/mol. The van der Waals surface area contributed by atoms with Crippen LogP contribution in [0.4, 0.5) is 0 Å². The predicted molar refractivity (Wildman–Crippen MR) is 82.4 cm³/mol. The summed E-state index contributed by atoms with van der Waals surface area (Å²) in [5, 5.41) is 24.8. The third kappa shape index (κ3) is 2.98. The van der Waals surface area contributed by atoms with Gasteiger partial charge in [-0.05, 0) is 43.9 Å². The lowest BCUT2D eigenvalue weighted by Gasteiger charge is -2.42. The second kappa shape index (κ2) is 5.46. The standard InChI is InChI=1S/C17H27N3O/c1-12-14(10-20(5)19-12)15(21)17(11-18)8-6-13(7-9-17)16(2,3)4/h10,13,15,21H,6-9H2,1-5H3. The lowest BCUT2D eigenvalue weighted by Crippen LogP contribution is -2.36. The first-order valence-corrected chi connectivity index (χ1v) is 7.79. The molecule has 1 N–H and O–H groups in total. The van der Waals surface area contributed by atoms with Crippen LogP contribution in [0.1, 0.15) is 63.8 Å². The average molecular weight is 289 g/mol. The Hall–Kier alpha value is -1.34. The van der Waals surface area contributed by atoms with Crippen LogP contribution >= 0.6 is 0 Å². The van der Waals surface area contributed by atoms with Crippen molar-refractivity contribution < 1.29 is 5.11 Å². The second-order valence-electron chi connectivity index (χ2n) is 7.65. The molecule has 1 aromatic heterocycles. The minimum Gasteiger partial charge on any atom is -0.387 e. The summed E-state index contributed by atoms with van der Waals surface area (Å²) in [5.41, 5.74) is 1.23. The van der Waals surface area contributed by atoms with Gasteiger partial charge in [0.15, 0.2) is 0 Å². The Morgan fingerprint density at radius 2 is 2.00 bits per heavy atom. The van der Waals surface area contributed by atoms with E-state index >= 15 is 0 Å². The number of aliphatic hydroxyl groups excluding tert-OH is 1. The lowest BCUT2D eigenvalue weighted by molar-refractivity contribution is 0.00804. The van der Waals surface area contributed by atoms with Crippen molar-refractivity contribution in [3.05, 3.63) is 17.5 Å². The zero-order valence-electron chi connectivity index (χ0n) is 13.8. The molecule has 1 saturated carbocycles. The predicted octanol–water partition coefficient (Wildman–Crippen LogP) is 3.51. The molecule has 1 aromatic rings. The van der Waals surface area contributed by atoms with Crippen molar-refractivity contribution in [2.24, 2.45) is 23.8 Å². The van der Waals surface area contributed by atoms with E-state index in [1.807, 2.05) is 20.2 Å². The van der Waals surface area contributed by atoms with Gasteiger partial charge in [-0.15, -0.1) is 0 Å². The Kier molecular flexibility index (Phi) is 4.17. The molecule has 4 nitrogen and oxygen atoms in total. The van der Waals surface area contributed by atoms with E-state index in [4.69, 9.17) is 0 Å². The maximum Gasteiger partial charge on any atom is 0.101 e. The van der Waals surface area contributed by atoms with Gasteiger partial charge in [0, 0.05) is 18.8 Å². The summed E-state index contributed by atoms with van der Waals surface area (Å²) in [7, 11) is 1.85. The number of aromatic nitrogens is 2. The third-order valence-corrected chi connectivity index (χ3v) is 5.19. The van der Waals surface area contributed by atoms with Crippen molar-refractivity contribution in [2.45, 2.75) is 59.5 Å².